The molecule has 0 aliphatic rings. The standard InChI is InChI=1S/C24H27NO5/c1-14-20(18-13-17(29-6)11-12-19(18)25-14)21(24(2,3)4)23(27)30-22(26)15-7-9-16(28-5)10-8-15/h7-13,21,25H,1-6H3. The van der Waals surface area contributed by atoms with Gasteiger partial charge in [0.2, 0.25) is 0 Å². The number of hydrogen-bond acceptors (Lipinski definition) is 5. The molecule has 1 aromatic heterocycles. The number of aromatic amines is 1. The van der Waals surface area contributed by atoms with E-state index in [0.717, 1.165) is 22.2 Å². The maximum Gasteiger partial charge on any atom is 0.345 e. The lowest BCUT2D eigenvalue weighted by molar-refractivity contribution is -0.142. The van der Waals surface area contributed by atoms with Crippen molar-refractivity contribution in [3.63, 3.8) is 0 Å². The number of aryl methyl sites for hydroxylation is 1. The normalized spacial score (nSPS) is 12.5. The van der Waals surface area contributed by atoms with E-state index in [0.29, 0.717) is 11.5 Å². The number of rotatable bonds is 5. The van der Waals surface area contributed by atoms with Crippen molar-refractivity contribution in [3.8, 4) is 11.5 Å². The molecule has 0 fully saturated rings. The van der Waals surface area contributed by atoms with Crippen molar-refractivity contribution in [3.05, 3.63) is 59.3 Å². The predicted octanol–water partition coefficient (Wildman–Crippen LogP) is 5.01. The van der Waals surface area contributed by atoms with Crippen molar-refractivity contribution >= 4 is 22.8 Å². The van der Waals surface area contributed by atoms with Gasteiger partial charge in [0, 0.05) is 16.6 Å². The zero-order chi connectivity index (χ0) is 22.1. The van der Waals surface area contributed by atoms with Gasteiger partial charge in [0.25, 0.3) is 0 Å². The Labute approximate surface area is 176 Å². The number of nitrogens with one attached hydrogen (secondary N) is 1. The summed E-state index contributed by atoms with van der Waals surface area (Å²) in [5.74, 6) is -0.616. The molecule has 0 aliphatic heterocycles. The number of methoxy groups -OCH3 is 2. The molecule has 3 aromatic rings. The molecule has 0 saturated carbocycles. The lowest BCUT2D eigenvalue weighted by Crippen LogP contribution is -2.30. The third-order valence-corrected chi connectivity index (χ3v) is 5.15. The van der Waals surface area contributed by atoms with Gasteiger partial charge in [-0.15, -0.1) is 0 Å². The summed E-state index contributed by atoms with van der Waals surface area (Å²) < 4.78 is 15.8. The van der Waals surface area contributed by atoms with Crippen LogP contribution in [0.4, 0.5) is 0 Å². The molecule has 30 heavy (non-hydrogen) atoms. The Hall–Kier alpha value is -3.28. The number of carbonyl (C=O) groups is 2. The minimum atomic E-state index is -0.688. The molecule has 6 nitrogen and oxygen atoms in total. The number of carbonyl (C=O) groups excluding carboxylic acids is 2. The monoisotopic (exact) mass is 409 g/mol. The third-order valence-electron chi connectivity index (χ3n) is 5.15. The highest BCUT2D eigenvalue weighted by Crippen LogP contribution is 2.42. The second kappa shape index (κ2) is 8.22. The van der Waals surface area contributed by atoms with Crippen LogP contribution < -0.4 is 9.47 Å². The van der Waals surface area contributed by atoms with Gasteiger partial charge in [-0.05, 0) is 60.4 Å². The number of esters is 2. The van der Waals surface area contributed by atoms with Gasteiger partial charge in [-0.1, -0.05) is 20.8 Å². The highest BCUT2D eigenvalue weighted by Gasteiger charge is 2.38. The summed E-state index contributed by atoms with van der Waals surface area (Å²) in [4.78, 5) is 29.1. The third kappa shape index (κ3) is 4.17. The summed E-state index contributed by atoms with van der Waals surface area (Å²) in [5, 5.41) is 0.876. The number of ether oxygens (including phenoxy) is 3. The zero-order valence-corrected chi connectivity index (χ0v) is 18.2. The quantitative estimate of drug-likeness (QED) is 0.474. The molecule has 0 spiro atoms. The molecule has 0 saturated heterocycles. The van der Waals surface area contributed by atoms with Crippen LogP contribution >= 0.6 is 0 Å². The van der Waals surface area contributed by atoms with Gasteiger partial charge in [0.15, 0.2) is 0 Å². The molecule has 1 unspecified atom stereocenters. The van der Waals surface area contributed by atoms with E-state index in [2.05, 4.69) is 4.98 Å². The molecule has 3 rings (SSSR count). The summed E-state index contributed by atoms with van der Waals surface area (Å²) >= 11 is 0. The summed E-state index contributed by atoms with van der Waals surface area (Å²) in [6.45, 7) is 7.78. The number of H-pyrrole nitrogens is 1. The summed E-state index contributed by atoms with van der Waals surface area (Å²) in [6.07, 6.45) is 0. The molecule has 1 atom stereocenters. The molecule has 1 N–H and O–H groups in total. The molecular formula is C24H27NO5. The maximum absolute atomic E-state index is 13.2. The Morgan fingerprint density at radius 3 is 2.10 bits per heavy atom. The molecule has 2 aromatic carbocycles. The van der Waals surface area contributed by atoms with Crippen LogP contribution in [0.1, 0.15) is 48.3 Å². The Kier molecular flexibility index (Phi) is 5.87. The average Bonchev–Trinajstić information content (AvgIpc) is 3.02. The van der Waals surface area contributed by atoms with Crippen LogP contribution in [0.5, 0.6) is 11.5 Å². The first kappa shape index (κ1) is 21.4. The van der Waals surface area contributed by atoms with Crippen LogP contribution in [0, 0.1) is 12.3 Å². The minimum Gasteiger partial charge on any atom is -0.497 e. The number of benzene rings is 2. The van der Waals surface area contributed by atoms with Gasteiger partial charge in [-0.2, -0.15) is 0 Å². The summed E-state index contributed by atoms with van der Waals surface area (Å²) in [7, 11) is 3.15. The number of fused-ring (bicyclic) bond motifs is 1. The van der Waals surface area contributed by atoms with E-state index < -0.39 is 23.3 Å². The van der Waals surface area contributed by atoms with E-state index >= 15 is 0 Å². The second-order valence-corrected chi connectivity index (χ2v) is 8.31. The van der Waals surface area contributed by atoms with E-state index in [-0.39, 0.29) is 5.56 Å². The van der Waals surface area contributed by atoms with Crippen LogP contribution in [0.25, 0.3) is 10.9 Å². The Morgan fingerprint density at radius 2 is 1.53 bits per heavy atom. The molecule has 1 heterocycles. The first-order chi connectivity index (χ1) is 14.2. The fourth-order valence-electron chi connectivity index (χ4n) is 3.67. The number of aromatic nitrogens is 1. The van der Waals surface area contributed by atoms with Crippen LogP contribution in [0.2, 0.25) is 0 Å². The van der Waals surface area contributed by atoms with E-state index in [9.17, 15) is 9.59 Å². The molecule has 0 amide bonds. The predicted molar refractivity (Wildman–Crippen MR) is 115 cm³/mol. The lowest BCUT2D eigenvalue weighted by Gasteiger charge is -2.29. The van der Waals surface area contributed by atoms with Crippen molar-refractivity contribution in [1.82, 2.24) is 4.98 Å². The highest BCUT2D eigenvalue weighted by atomic mass is 16.6. The van der Waals surface area contributed by atoms with Crippen LogP contribution in [-0.2, 0) is 9.53 Å². The number of hydrogen-bond donors (Lipinski definition) is 1. The SMILES string of the molecule is COc1ccc(C(=O)OC(=O)C(c2c(C)[nH]c3ccc(OC)cc23)C(C)(C)C)cc1. The van der Waals surface area contributed by atoms with Crippen LogP contribution in [0.15, 0.2) is 42.5 Å². The van der Waals surface area contributed by atoms with Gasteiger partial charge in [0.1, 0.15) is 11.5 Å². The first-order valence-electron chi connectivity index (χ1n) is 9.72. The largest absolute Gasteiger partial charge is 0.497 e. The van der Waals surface area contributed by atoms with Crippen molar-refractivity contribution < 1.29 is 23.8 Å². The fraction of sp³-hybridized carbons (Fsp3) is 0.333. The van der Waals surface area contributed by atoms with E-state index in [1.54, 1.807) is 38.5 Å². The smallest absolute Gasteiger partial charge is 0.345 e. The Morgan fingerprint density at radius 1 is 0.933 bits per heavy atom. The van der Waals surface area contributed by atoms with Gasteiger partial charge in [0.05, 0.1) is 25.7 Å². The van der Waals surface area contributed by atoms with Gasteiger partial charge in [-0.25, -0.2) is 4.79 Å². The lowest BCUT2D eigenvalue weighted by atomic mass is 9.75. The van der Waals surface area contributed by atoms with Gasteiger partial charge < -0.3 is 19.2 Å². The molecule has 158 valence electrons. The molecule has 0 aliphatic carbocycles. The van der Waals surface area contributed by atoms with E-state index in [1.807, 2.05) is 45.9 Å². The summed E-state index contributed by atoms with van der Waals surface area (Å²) in [5.41, 5.74) is 2.36. The minimum absolute atomic E-state index is 0.286. The Bertz CT molecular complexity index is 1070. The van der Waals surface area contributed by atoms with Crippen LogP contribution in [-0.4, -0.2) is 31.1 Å². The van der Waals surface area contributed by atoms with E-state index in [1.165, 1.54) is 0 Å². The molecule has 6 heteroatoms. The average molecular weight is 409 g/mol. The van der Waals surface area contributed by atoms with Crippen LogP contribution in [0.3, 0.4) is 0 Å². The molecular weight excluding hydrogens is 382 g/mol. The fourth-order valence-corrected chi connectivity index (χ4v) is 3.67. The van der Waals surface area contributed by atoms with Gasteiger partial charge >= 0.3 is 11.9 Å². The zero-order valence-electron chi connectivity index (χ0n) is 18.2. The van der Waals surface area contributed by atoms with Crippen molar-refractivity contribution in [2.75, 3.05) is 14.2 Å². The van der Waals surface area contributed by atoms with Crippen molar-refractivity contribution in [2.45, 2.75) is 33.6 Å². The molecule has 0 bridgehead atoms. The highest BCUT2D eigenvalue weighted by molar-refractivity contribution is 6.00. The molecule has 0 radical (unpaired) electrons. The second-order valence-electron chi connectivity index (χ2n) is 8.31. The maximum atomic E-state index is 13.2. The summed E-state index contributed by atoms with van der Waals surface area (Å²) in [6, 6.07) is 12.1. The topological polar surface area (TPSA) is 77.6 Å². The van der Waals surface area contributed by atoms with Gasteiger partial charge in [-0.3, -0.25) is 4.79 Å². The van der Waals surface area contributed by atoms with Crippen molar-refractivity contribution in [2.24, 2.45) is 5.41 Å². The Balaban J connectivity index is 1.98. The van der Waals surface area contributed by atoms with Crippen molar-refractivity contribution in [1.29, 1.82) is 0 Å². The first-order valence-corrected chi connectivity index (χ1v) is 9.72. The van der Waals surface area contributed by atoms with E-state index in [4.69, 9.17) is 14.2 Å².